The number of nitrogens with two attached hydrogens (primary N) is 4. The van der Waals surface area contributed by atoms with Gasteiger partial charge in [0.1, 0.15) is 36.3 Å². The van der Waals surface area contributed by atoms with Crippen LogP contribution in [0.15, 0.2) is 4.99 Å². The standard InChI is InChI=1S/C31H53N11O10/c1-15(2)23(40-26(47)19(14-43)39-24(45)17(32)13-22(33)44)27(48)38-18(7-4-10-36-31(34)35)25(46)37-16(3)28(49)41-11-5-8-20(41)29(50)42-12-6-9-21(42)30(51)52/h15-21,23,43H,4-14,32H2,1-3H3,(H2,33,44)(H,37,46)(H,38,48)(H,39,45)(H,40,47)(H,51,52)(H4,34,35,36)/t16-,17-,18-,19-,20-,21-,23-/m0/s1. The van der Waals surface area contributed by atoms with E-state index in [1.54, 1.807) is 13.8 Å². The second-order valence-corrected chi connectivity index (χ2v) is 13.2. The Balaban J connectivity index is 2.17. The van der Waals surface area contributed by atoms with E-state index in [4.69, 9.17) is 22.9 Å². The molecule has 7 atom stereocenters. The SMILES string of the molecule is CC(C)[C@H](NC(=O)[C@H](CO)NC(=O)[C@@H](N)CC(N)=O)C(=O)N[C@@H](CCCN=C(N)N)C(=O)N[C@@H](C)C(=O)N1CCC[C@H]1C(=O)N1CCC[C@H]1C(=O)O. The number of aliphatic hydroxyl groups is 1. The van der Waals surface area contributed by atoms with Crippen LogP contribution in [0.5, 0.6) is 0 Å². The van der Waals surface area contributed by atoms with E-state index in [1.807, 2.05) is 0 Å². The average molecular weight is 740 g/mol. The predicted molar refractivity (Wildman–Crippen MR) is 184 cm³/mol. The molecular weight excluding hydrogens is 686 g/mol. The lowest BCUT2D eigenvalue weighted by Gasteiger charge is -2.32. The molecule has 0 unspecified atom stereocenters. The van der Waals surface area contributed by atoms with E-state index in [2.05, 4.69) is 26.3 Å². The normalized spacial score (nSPS) is 19.8. The summed E-state index contributed by atoms with van der Waals surface area (Å²) in [5, 5.41) is 29.1. The molecule has 21 nitrogen and oxygen atoms in total. The number of primary amides is 1. The zero-order valence-corrected chi connectivity index (χ0v) is 29.7. The Labute approximate surface area is 301 Å². The quantitative estimate of drug-likeness (QED) is 0.0337. The summed E-state index contributed by atoms with van der Waals surface area (Å²) in [6.45, 7) is 4.33. The van der Waals surface area contributed by atoms with Crippen molar-refractivity contribution in [2.75, 3.05) is 26.2 Å². The third-order valence-electron chi connectivity index (χ3n) is 8.77. The number of rotatable bonds is 19. The Bertz CT molecular complexity index is 1370. The number of likely N-dealkylation sites (tertiary alicyclic amines) is 2. The Kier molecular flexibility index (Phi) is 16.7. The monoisotopic (exact) mass is 739 g/mol. The van der Waals surface area contributed by atoms with E-state index in [0.29, 0.717) is 25.7 Å². The van der Waals surface area contributed by atoms with Crippen molar-refractivity contribution in [1.29, 1.82) is 0 Å². The Hall–Kier alpha value is -5.05. The van der Waals surface area contributed by atoms with Gasteiger partial charge < -0.3 is 64.2 Å². The van der Waals surface area contributed by atoms with Crippen molar-refractivity contribution in [2.24, 2.45) is 33.8 Å². The summed E-state index contributed by atoms with van der Waals surface area (Å²) < 4.78 is 0. The molecule has 0 aliphatic carbocycles. The van der Waals surface area contributed by atoms with Crippen LogP contribution in [0, 0.1) is 5.92 Å². The third kappa shape index (κ3) is 12.3. The first-order valence-electron chi connectivity index (χ1n) is 17.1. The van der Waals surface area contributed by atoms with Gasteiger partial charge in [-0.05, 0) is 51.4 Å². The van der Waals surface area contributed by atoms with Gasteiger partial charge in [0.2, 0.25) is 41.4 Å². The maximum absolute atomic E-state index is 13.6. The van der Waals surface area contributed by atoms with Gasteiger partial charge in [-0.25, -0.2) is 4.79 Å². The van der Waals surface area contributed by atoms with Crippen LogP contribution in [-0.4, -0.2) is 142 Å². The van der Waals surface area contributed by atoms with E-state index < -0.39 is 109 Å². The van der Waals surface area contributed by atoms with Gasteiger partial charge >= 0.3 is 5.97 Å². The van der Waals surface area contributed by atoms with Crippen LogP contribution >= 0.6 is 0 Å². The number of nitrogens with one attached hydrogen (secondary N) is 4. The number of hydrogen-bond acceptors (Lipinski definition) is 11. The van der Waals surface area contributed by atoms with Gasteiger partial charge in [0.25, 0.3) is 0 Å². The van der Waals surface area contributed by atoms with Gasteiger partial charge in [-0.3, -0.25) is 38.6 Å². The summed E-state index contributed by atoms with van der Waals surface area (Å²) >= 11 is 0. The second-order valence-electron chi connectivity index (χ2n) is 13.2. The zero-order valence-electron chi connectivity index (χ0n) is 29.7. The predicted octanol–water partition coefficient (Wildman–Crippen LogP) is -5.08. The summed E-state index contributed by atoms with van der Waals surface area (Å²) in [5.74, 6) is -7.22. The maximum Gasteiger partial charge on any atom is 0.326 e. The van der Waals surface area contributed by atoms with Crippen molar-refractivity contribution in [1.82, 2.24) is 31.1 Å². The van der Waals surface area contributed by atoms with E-state index in [-0.39, 0.29) is 38.4 Å². The van der Waals surface area contributed by atoms with Gasteiger partial charge in [-0.15, -0.1) is 0 Å². The van der Waals surface area contributed by atoms with Crippen LogP contribution in [-0.2, 0) is 38.4 Å². The van der Waals surface area contributed by atoms with Crippen molar-refractivity contribution in [3.8, 4) is 0 Å². The minimum Gasteiger partial charge on any atom is -0.480 e. The van der Waals surface area contributed by atoms with Crippen LogP contribution in [0.2, 0.25) is 0 Å². The molecule has 2 aliphatic rings. The molecule has 0 spiro atoms. The van der Waals surface area contributed by atoms with Crippen LogP contribution in [0.3, 0.4) is 0 Å². The minimum absolute atomic E-state index is 0.00252. The Morgan fingerprint density at radius 2 is 1.37 bits per heavy atom. The topological polar surface area (TPSA) is 348 Å². The summed E-state index contributed by atoms with van der Waals surface area (Å²) in [5.41, 5.74) is 21.4. The average Bonchev–Trinajstić information content (AvgIpc) is 3.76. The summed E-state index contributed by atoms with van der Waals surface area (Å²) in [6, 6.07) is -8.47. The molecule has 2 fully saturated rings. The molecule has 2 heterocycles. The number of guanidine groups is 1. The largest absolute Gasteiger partial charge is 0.480 e. The number of carbonyl (C=O) groups excluding carboxylic acids is 7. The lowest BCUT2D eigenvalue weighted by atomic mass is 10.0. The third-order valence-corrected chi connectivity index (χ3v) is 8.77. The van der Waals surface area contributed by atoms with Crippen LogP contribution in [0.1, 0.15) is 65.7 Å². The van der Waals surface area contributed by atoms with Crippen LogP contribution in [0.25, 0.3) is 0 Å². The lowest BCUT2D eigenvalue weighted by Crippen LogP contribution is -2.60. The first-order valence-corrected chi connectivity index (χ1v) is 17.1. The van der Waals surface area contributed by atoms with Crippen molar-refractivity contribution in [2.45, 2.75) is 108 Å². The molecule has 0 radical (unpaired) electrons. The molecule has 0 bridgehead atoms. The molecule has 2 rings (SSSR count). The molecule has 292 valence electrons. The lowest BCUT2D eigenvalue weighted by molar-refractivity contribution is -0.152. The number of nitrogens with zero attached hydrogens (tertiary/aromatic N) is 3. The van der Waals surface area contributed by atoms with Gasteiger partial charge in [-0.1, -0.05) is 13.8 Å². The molecule has 0 aromatic heterocycles. The smallest absolute Gasteiger partial charge is 0.326 e. The van der Waals surface area contributed by atoms with Crippen LogP contribution in [0.4, 0.5) is 0 Å². The van der Waals surface area contributed by atoms with E-state index in [9.17, 15) is 48.6 Å². The van der Waals surface area contributed by atoms with Crippen molar-refractivity contribution in [3.63, 3.8) is 0 Å². The fourth-order valence-corrected chi connectivity index (χ4v) is 6.00. The molecule has 14 N–H and O–H groups in total. The number of aliphatic imine (C=N–C) groups is 1. The number of hydrogen-bond donors (Lipinski definition) is 10. The Morgan fingerprint density at radius 1 is 0.788 bits per heavy atom. The number of aliphatic carboxylic acids is 1. The first-order chi connectivity index (χ1) is 24.4. The number of carboxylic acids is 1. The van der Waals surface area contributed by atoms with E-state index in [0.717, 1.165) is 0 Å². The van der Waals surface area contributed by atoms with Gasteiger partial charge in [0.15, 0.2) is 5.96 Å². The molecular formula is C31H53N11O10. The second kappa shape index (κ2) is 20.1. The van der Waals surface area contributed by atoms with Crippen molar-refractivity contribution < 1.29 is 48.6 Å². The van der Waals surface area contributed by atoms with Crippen LogP contribution < -0.4 is 44.2 Å². The van der Waals surface area contributed by atoms with Gasteiger partial charge in [0.05, 0.1) is 19.1 Å². The van der Waals surface area contributed by atoms with Gasteiger partial charge in [-0.2, -0.15) is 0 Å². The molecule has 0 aromatic carbocycles. The highest BCUT2D eigenvalue weighted by Gasteiger charge is 2.43. The summed E-state index contributed by atoms with van der Waals surface area (Å²) in [4.78, 5) is 109. The number of carbonyl (C=O) groups is 8. The first kappa shape index (κ1) is 43.1. The van der Waals surface area contributed by atoms with E-state index >= 15 is 0 Å². The minimum atomic E-state index is -1.55. The molecule has 2 aliphatic heterocycles. The Morgan fingerprint density at radius 3 is 1.92 bits per heavy atom. The fraction of sp³-hybridized carbons (Fsp3) is 0.710. The maximum atomic E-state index is 13.6. The van der Waals surface area contributed by atoms with E-state index in [1.165, 1.54) is 16.7 Å². The fourth-order valence-electron chi connectivity index (χ4n) is 6.00. The number of amides is 7. The van der Waals surface area contributed by atoms with Crippen molar-refractivity contribution >= 4 is 53.3 Å². The number of aliphatic hydroxyl groups excluding tert-OH is 1. The molecule has 7 amide bonds. The molecule has 21 heteroatoms. The number of carboxylic acid groups (broad SMARTS) is 1. The van der Waals surface area contributed by atoms with Crippen molar-refractivity contribution in [3.05, 3.63) is 0 Å². The molecule has 2 saturated heterocycles. The van der Waals surface area contributed by atoms with Gasteiger partial charge in [0, 0.05) is 19.6 Å². The molecule has 0 aromatic rings. The molecule has 0 saturated carbocycles. The highest BCUT2D eigenvalue weighted by molar-refractivity contribution is 5.97. The summed E-state index contributed by atoms with van der Waals surface area (Å²) in [6.07, 6.45) is 1.38. The zero-order chi connectivity index (χ0) is 39.3. The highest BCUT2D eigenvalue weighted by atomic mass is 16.4. The summed E-state index contributed by atoms with van der Waals surface area (Å²) in [7, 11) is 0. The molecule has 52 heavy (non-hydrogen) atoms. The highest BCUT2D eigenvalue weighted by Crippen LogP contribution is 2.25.